The molecule has 2 aliphatic rings. The molecule has 2 aliphatic heterocycles. The van der Waals surface area contributed by atoms with Crippen LogP contribution in [-0.2, 0) is 13.0 Å². The van der Waals surface area contributed by atoms with Crippen molar-refractivity contribution in [3.63, 3.8) is 0 Å². The van der Waals surface area contributed by atoms with Gasteiger partial charge in [-0.05, 0) is 56.6 Å². The predicted octanol–water partition coefficient (Wildman–Crippen LogP) is 5.43. The zero-order valence-electron chi connectivity index (χ0n) is 23.1. The number of hydrogen-bond donors (Lipinski definition) is 0. The van der Waals surface area contributed by atoms with Gasteiger partial charge < -0.3 is 19.4 Å². The van der Waals surface area contributed by atoms with Crippen LogP contribution in [-0.4, -0.2) is 60.7 Å². The third kappa shape index (κ3) is 5.71. The minimum absolute atomic E-state index is 0.268. The van der Waals surface area contributed by atoms with Gasteiger partial charge in [0.15, 0.2) is 0 Å². The highest BCUT2D eigenvalue weighted by Gasteiger charge is 2.28. The largest absolute Gasteiger partial charge is 0.462 e. The van der Waals surface area contributed by atoms with Crippen molar-refractivity contribution in [1.29, 1.82) is 5.26 Å². The van der Waals surface area contributed by atoms with E-state index >= 15 is 0 Å². The molecule has 1 aromatic heterocycles. The van der Waals surface area contributed by atoms with E-state index in [1.807, 2.05) is 0 Å². The fourth-order valence-corrected chi connectivity index (χ4v) is 5.92. The number of fused-ring (bicyclic) bond motifs is 2. The second-order valence-electron chi connectivity index (χ2n) is 10.9. The maximum atomic E-state index is 9.27. The van der Waals surface area contributed by atoms with E-state index < -0.39 is 0 Å². The van der Waals surface area contributed by atoms with Gasteiger partial charge in [-0.1, -0.05) is 50.2 Å². The first-order valence-corrected chi connectivity index (χ1v) is 14.1. The minimum atomic E-state index is 0.268. The van der Waals surface area contributed by atoms with Gasteiger partial charge in [-0.3, -0.25) is 0 Å². The summed E-state index contributed by atoms with van der Waals surface area (Å²) in [4.78, 5) is 17.2. The molecule has 3 heterocycles. The van der Waals surface area contributed by atoms with Crippen LogP contribution >= 0.6 is 0 Å². The van der Waals surface area contributed by atoms with Crippen molar-refractivity contribution in [2.75, 3.05) is 49.6 Å². The van der Waals surface area contributed by atoms with Crippen LogP contribution in [0.4, 0.5) is 11.5 Å². The first-order chi connectivity index (χ1) is 18.6. The highest BCUT2D eigenvalue weighted by Crippen LogP contribution is 2.34. The van der Waals surface area contributed by atoms with E-state index in [0.717, 1.165) is 63.5 Å². The Bertz CT molecular complexity index is 1280. The van der Waals surface area contributed by atoms with Gasteiger partial charge in [0.2, 0.25) is 0 Å². The molecule has 2 aromatic carbocycles. The predicted molar refractivity (Wildman–Crippen MR) is 154 cm³/mol. The summed E-state index contributed by atoms with van der Waals surface area (Å²) < 4.78 is 6.30. The average Bonchev–Trinajstić information content (AvgIpc) is 3.35. The fourth-order valence-electron chi connectivity index (χ4n) is 5.92. The van der Waals surface area contributed by atoms with Crippen LogP contribution in [0.1, 0.15) is 50.8 Å². The van der Waals surface area contributed by atoms with E-state index in [1.165, 1.54) is 28.4 Å². The molecule has 0 amide bonds. The van der Waals surface area contributed by atoms with Crippen molar-refractivity contribution in [2.45, 2.75) is 58.5 Å². The molecule has 1 unspecified atom stereocenters. The summed E-state index contributed by atoms with van der Waals surface area (Å²) in [5.74, 6) is 1.26. The number of aromatic nitrogens is 2. The Morgan fingerprint density at radius 1 is 1.16 bits per heavy atom. The Morgan fingerprint density at radius 3 is 2.79 bits per heavy atom. The number of benzene rings is 2. The highest BCUT2D eigenvalue weighted by atomic mass is 16.5. The SMILES string of the molecule is CCCN(CC(C)CC#N)c1nc(OC[C@@H]2CCCN2C)nc2c1CCN(c1cccc3ccccc13)C2. The van der Waals surface area contributed by atoms with E-state index in [-0.39, 0.29) is 5.92 Å². The van der Waals surface area contributed by atoms with E-state index in [4.69, 9.17) is 14.7 Å². The zero-order chi connectivity index (χ0) is 26.5. The van der Waals surface area contributed by atoms with Crippen LogP contribution < -0.4 is 14.5 Å². The number of nitrogens with zero attached hydrogens (tertiary/aromatic N) is 6. The first-order valence-electron chi connectivity index (χ1n) is 14.1. The Morgan fingerprint density at radius 2 is 2.00 bits per heavy atom. The van der Waals surface area contributed by atoms with E-state index in [2.05, 4.69) is 84.1 Å². The third-order valence-corrected chi connectivity index (χ3v) is 7.97. The number of anilines is 2. The molecule has 5 rings (SSSR count). The summed E-state index contributed by atoms with van der Waals surface area (Å²) in [6, 6.07) is 18.4. The van der Waals surface area contributed by atoms with E-state index in [0.29, 0.717) is 25.1 Å². The van der Waals surface area contributed by atoms with Gasteiger partial charge in [0.1, 0.15) is 12.4 Å². The standard InChI is InChI=1S/C31H40N6O/c1-4-17-37(20-23(2)14-16-32)30-27-15-19-36(29-13-7-10-24-9-5-6-12-26(24)29)21-28(27)33-31(34-30)38-22-25-11-8-18-35(25)3/h5-7,9-10,12-13,23,25H,4,8,11,14-15,17-22H2,1-3H3/t23?,25-/m0/s1. The molecule has 1 fully saturated rings. The Labute approximate surface area is 227 Å². The molecule has 0 radical (unpaired) electrons. The lowest BCUT2D eigenvalue weighted by Crippen LogP contribution is -2.36. The summed E-state index contributed by atoms with van der Waals surface area (Å²) in [6.45, 7) is 9.43. The van der Waals surface area contributed by atoms with Crippen LogP contribution in [0, 0.1) is 17.2 Å². The molecule has 7 heteroatoms. The maximum absolute atomic E-state index is 9.27. The molecule has 200 valence electrons. The van der Waals surface area contributed by atoms with Gasteiger partial charge in [0, 0.05) is 48.7 Å². The second kappa shape index (κ2) is 12.0. The molecule has 0 spiro atoms. The van der Waals surface area contributed by atoms with Crippen molar-refractivity contribution < 1.29 is 4.74 Å². The molecular formula is C31H40N6O. The normalized spacial score (nSPS) is 18.3. The van der Waals surface area contributed by atoms with E-state index in [9.17, 15) is 5.26 Å². The quantitative estimate of drug-likeness (QED) is 0.359. The van der Waals surface area contributed by atoms with Crippen LogP contribution in [0.2, 0.25) is 0 Å². The number of likely N-dealkylation sites (tertiary alicyclic amines) is 1. The van der Waals surface area contributed by atoms with E-state index in [1.54, 1.807) is 0 Å². The maximum Gasteiger partial charge on any atom is 0.318 e. The Kier molecular flexibility index (Phi) is 8.29. The third-order valence-electron chi connectivity index (χ3n) is 7.97. The number of likely N-dealkylation sites (N-methyl/N-ethyl adjacent to an activating group) is 1. The van der Waals surface area contributed by atoms with Gasteiger partial charge in [0.25, 0.3) is 0 Å². The molecule has 0 N–H and O–H groups in total. The molecule has 38 heavy (non-hydrogen) atoms. The van der Waals surface area contributed by atoms with Gasteiger partial charge in [0.05, 0.1) is 18.3 Å². The molecule has 2 atom stereocenters. The highest BCUT2D eigenvalue weighted by molar-refractivity contribution is 5.94. The molecular weight excluding hydrogens is 472 g/mol. The summed E-state index contributed by atoms with van der Waals surface area (Å²) in [6.07, 6.45) is 4.80. The molecule has 1 saturated heterocycles. The summed E-state index contributed by atoms with van der Waals surface area (Å²) in [5, 5.41) is 11.8. The molecule has 7 nitrogen and oxygen atoms in total. The lowest BCUT2D eigenvalue weighted by Gasteiger charge is -2.35. The Balaban J connectivity index is 1.48. The topological polar surface area (TPSA) is 68.5 Å². The summed E-state index contributed by atoms with van der Waals surface area (Å²) in [5.41, 5.74) is 3.53. The number of nitriles is 1. The number of hydrogen-bond acceptors (Lipinski definition) is 7. The fraction of sp³-hybridized carbons (Fsp3) is 0.516. The van der Waals surface area contributed by atoms with Crippen LogP contribution in [0.15, 0.2) is 42.5 Å². The van der Waals surface area contributed by atoms with Crippen molar-refractivity contribution in [2.24, 2.45) is 5.92 Å². The van der Waals surface area contributed by atoms with Gasteiger partial charge in [-0.15, -0.1) is 0 Å². The van der Waals surface area contributed by atoms with Crippen molar-refractivity contribution in [1.82, 2.24) is 14.9 Å². The summed E-state index contributed by atoms with van der Waals surface area (Å²) >= 11 is 0. The smallest absolute Gasteiger partial charge is 0.318 e. The van der Waals surface area contributed by atoms with Gasteiger partial charge in [-0.2, -0.15) is 15.2 Å². The van der Waals surface area contributed by atoms with Crippen molar-refractivity contribution in [3.8, 4) is 12.1 Å². The molecule has 3 aromatic rings. The lowest BCUT2D eigenvalue weighted by atomic mass is 10.0. The Hall–Kier alpha value is -3.37. The second-order valence-corrected chi connectivity index (χ2v) is 10.9. The lowest BCUT2D eigenvalue weighted by molar-refractivity contribution is 0.187. The summed E-state index contributed by atoms with van der Waals surface area (Å²) in [7, 11) is 2.17. The zero-order valence-corrected chi connectivity index (χ0v) is 23.1. The van der Waals surface area contributed by atoms with Crippen LogP contribution in [0.5, 0.6) is 6.01 Å². The number of ether oxygens (including phenoxy) is 1. The van der Waals surface area contributed by atoms with Gasteiger partial charge in [-0.25, -0.2) is 0 Å². The van der Waals surface area contributed by atoms with Crippen molar-refractivity contribution >= 4 is 22.3 Å². The average molecular weight is 513 g/mol. The molecule has 0 aliphatic carbocycles. The molecule has 0 saturated carbocycles. The van der Waals surface area contributed by atoms with Crippen LogP contribution in [0.3, 0.4) is 0 Å². The monoisotopic (exact) mass is 512 g/mol. The van der Waals surface area contributed by atoms with Crippen LogP contribution in [0.25, 0.3) is 10.8 Å². The molecule has 0 bridgehead atoms. The van der Waals surface area contributed by atoms with Gasteiger partial charge >= 0.3 is 6.01 Å². The minimum Gasteiger partial charge on any atom is -0.462 e. The first kappa shape index (κ1) is 26.2. The number of rotatable bonds is 10. The van der Waals surface area contributed by atoms with Crippen molar-refractivity contribution in [3.05, 3.63) is 53.7 Å².